The first-order chi connectivity index (χ1) is 20.0. The van der Waals surface area contributed by atoms with Crippen molar-refractivity contribution in [3.8, 4) is 0 Å². The van der Waals surface area contributed by atoms with Gasteiger partial charge in [0.2, 0.25) is 5.78 Å². The standard InChI is InChI=1S/C28H22FN7O6/c1-13(15-3-5-16(6-4-15)27(41)42)33-25(39)19-11-20(36-9-8-31-28(36)35-19)26(40)32-12-14-2-7-17(29)18(10-14)34-22-21(30)23(37)24(22)38/h2-11,13,34H,12,30H2,1H3,(H,32,40)(H,33,39)(H,41,42)/t13-/m0/s1. The largest absolute Gasteiger partial charge is 0.478 e. The molecule has 3 aromatic carbocycles. The number of aromatic nitrogens is 3. The number of amides is 2. The molecule has 0 spiro atoms. The molecule has 212 valence electrons. The first kappa shape index (κ1) is 27.6. The lowest BCUT2D eigenvalue weighted by molar-refractivity contribution is 0.0696. The molecule has 0 radical (unpaired) electrons. The van der Waals surface area contributed by atoms with Crippen LogP contribution in [0.5, 0.6) is 0 Å². The van der Waals surface area contributed by atoms with Gasteiger partial charge in [0.1, 0.15) is 28.6 Å². The molecule has 0 unspecified atom stereocenters. The van der Waals surface area contributed by atoms with Gasteiger partial charge in [0.05, 0.1) is 17.3 Å². The average Bonchev–Trinajstić information content (AvgIpc) is 3.47. The van der Waals surface area contributed by atoms with E-state index in [9.17, 15) is 28.4 Å². The fourth-order valence-electron chi connectivity index (χ4n) is 4.18. The van der Waals surface area contributed by atoms with Crippen molar-refractivity contribution >= 4 is 40.6 Å². The van der Waals surface area contributed by atoms with Crippen LogP contribution in [-0.4, -0.2) is 37.3 Å². The number of fused-ring (bicyclic) bond motifs is 1. The molecule has 0 bridgehead atoms. The van der Waals surface area contributed by atoms with Crippen molar-refractivity contribution < 1.29 is 23.9 Å². The summed E-state index contributed by atoms with van der Waals surface area (Å²) in [4.78, 5) is 68.7. The van der Waals surface area contributed by atoms with E-state index in [1.807, 2.05) is 0 Å². The highest BCUT2D eigenvalue weighted by molar-refractivity contribution is 5.98. The van der Waals surface area contributed by atoms with Gasteiger partial charge in [0, 0.05) is 18.9 Å². The van der Waals surface area contributed by atoms with Crippen LogP contribution in [0.15, 0.2) is 70.5 Å². The number of nitrogens with zero attached hydrogens (tertiary/aromatic N) is 3. The Hall–Kier alpha value is -5.92. The van der Waals surface area contributed by atoms with Gasteiger partial charge in [-0.25, -0.2) is 19.2 Å². The summed E-state index contributed by atoms with van der Waals surface area (Å²) in [6.07, 6.45) is 2.92. The van der Waals surface area contributed by atoms with Crippen molar-refractivity contribution in [3.05, 3.63) is 115 Å². The summed E-state index contributed by atoms with van der Waals surface area (Å²) < 4.78 is 15.7. The third-order valence-corrected chi connectivity index (χ3v) is 6.54. The number of aromatic carboxylic acids is 1. The topological polar surface area (TPSA) is 198 Å². The van der Waals surface area contributed by atoms with E-state index in [0.29, 0.717) is 11.1 Å². The molecule has 6 N–H and O–H groups in total. The minimum Gasteiger partial charge on any atom is -0.478 e. The van der Waals surface area contributed by atoms with Gasteiger partial charge >= 0.3 is 5.97 Å². The molecule has 0 fully saturated rings. The molecule has 2 aromatic heterocycles. The first-order valence-corrected chi connectivity index (χ1v) is 12.4. The number of anilines is 3. The van der Waals surface area contributed by atoms with E-state index >= 15 is 0 Å². The number of nitrogen functional groups attached to an aromatic ring is 1. The first-order valence-electron chi connectivity index (χ1n) is 12.4. The van der Waals surface area contributed by atoms with E-state index in [0.717, 1.165) is 6.07 Å². The maximum absolute atomic E-state index is 14.3. The Morgan fingerprint density at radius 2 is 1.79 bits per heavy atom. The zero-order chi connectivity index (χ0) is 30.1. The van der Waals surface area contributed by atoms with Crippen LogP contribution in [0.25, 0.3) is 5.78 Å². The van der Waals surface area contributed by atoms with Crippen LogP contribution in [0.1, 0.15) is 55.4 Å². The number of carboxylic acids is 1. The number of carbonyl (C=O) groups excluding carboxylic acids is 2. The van der Waals surface area contributed by atoms with Crippen LogP contribution < -0.4 is 32.5 Å². The Kier molecular flexibility index (Phi) is 7.19. The van der Waals surface area contributed by atoms with E-state index in [1.165, 1.54) is 47.1 Å². The number of benzene rings is 2. The molecule has 14 heteroatoms. The lowest BCUT2D eigenvalue weighted by Crippen LogP contribution is -2.36. The van der Waals surface area contributed by atoms with E-state index in [4.69, 9.17) is 10.8 Å². The lowest BCUT2D eigenvalue weighted by atomic mass is 10.1. The van der Waals surface area contributed by atoms with Gasteiger partial charge in [-0.1, -0.05) is 18.2 Å². The number of hydrogen-bond acceptors (Lipinski definition) is 9. The average molecular weight is 572 g/mol. The molecule has 5 rings (SSSR count). The van der Waals surface area contributed by atoms with E-state index in [1.54, 1.807) is 19.1 Å². The molecule has 2 heterocycles. The number of rotatable bonds is 9. The van der Waals surface area contributed by atoms with E-state index in [2.05, 4.69) is 25.9 Å². The van der Waals surface area contributed by atoms with Crippen molar-refractivity contribution in [3.63, 3.8) is 0 Å². The van der Waals surface area contributed by atoms with Gasteiger partial charge in [-0.2, -0.15) is 0 Å². The summed E-state index contributed by atoms with van der Waals surface area (Å²) in [5, 5.41) is 17.1. The highest BCUT2D eigenvalue weighted by atomic mass is 19.1. The second-order valence-electron chi connectivity index (χ2n) is 9.31. The van der Waals surface area contributed by atoms with Gasteiger partial charge in [0.25, 0.3) is 22.7 Å². The van der Waals surface area contributed by atoms with E-state index < -0.39 is 40.5 Å². The predicted octanol–water partition coefficient (Wildman–Crippen LogP) is 1.91. The number of hydrogen-bond donors (Lipinski definition) is 5. The fourth-order valence-corrected chi connectivity index (χ4v) is 4.18. The fraction of sp³-hybridized carbons (Fsp3) is 0.107. The maximum Gasteiger partial charge on any atom is 0.335 e. The maximum atomic E-state index is 14.3. The molecule has 42 heavy (non-hydrogen) atoms. The second kappa shape index (κ2) is 10.9. The van der Waals surface area contributed by atoms with Crippen molar-refractivity contribution in [2.75, 3.05) is 11.1 Å². The number of carbonyl (C=O) groups is 3. The van der Waals surface area contributed by atoms with Crippen LogP contribution in [0.4, 0.5) is 21.5 Å². The predicted molar refractivity (Wildman–Crippen MR) is 149 cm³/mol. The number of imidazole rings is 1. The number of halogens is 1. The molecule has 2 amide bonds. The summed E-state index contributed by atoms with van der Waals surface area (Å²) in [6, 6.07) is 10.7. The summed E-state index contributed by atoms with van der Waals surface area (Å²) >= 11 is 0. The van der Waals surface area contributed by atoms with Crippen molar-refractivity contribution in [2.24, 2.45) is 0 Å². The smallest absolute Gasteiger partial charge is 0.335 e. The Morgan fingerprint density at radius 1 is 1.05 bits per heavy atom. The van der Waals surface area contributed by atoms with Gasteiger partial charge in [0.15, 0.2) is 0 Å². The number of nitrogens with one attached hydrogen (secondary N) is 3. The Balaban J connectivity index is 1.31. The molecule has 0 aliphatic carbocycles. The SMILES string of the molecule is C[C@H](NC(=O)c1cc(C(=O)NCc2ccc(F)c(Nc3c(N)c(=O)c3=O)c2)n2ccnc2n1)c1ccc(C(=O)O)cc1. The molecule has 0 aliphatic rings. The zero-order valence-electron chi connectivity index (χ0n) is 21.8. The third-order valence-electron chi connectivity index (χ3n) is 6.54. The molecule has 13 nitrogen and oxygen atoms in total. The van der Waals surface area contributed by atoms with Crippen LogP contribution in [0.2, 0.25) is 0 Å². The van der Waals surface area contributed by atoms with Crippen molar-refractivity contribution in [1.29, 1.82) is 0 Å². The third kappa shape index (κ3) is 5.28. The van der Waals surface area contributed by atoms with Crippen LogP contribution in [-0.2, 0) is 6.54 Å². The Morgan fingerprint density at radius 3 is 2.48 bits per heavy atom. The quantitative estimate of drug-likeness (QED) is 0.163. The normalized spacial score (nSPS) is 11.8. The minimum absolute atomic E-state index is 0.0538. The summed E-state index contributed by atoms with van der Waals surface area (Å²) in [7, 11) is 0. The van der Waals surface area contributed by atoms with Gasteiger partial charge in [-0.3, -0.25) is 23.6 Å². The highest BCUT2D eigenvalue weighted by Gasteiger charge is 2.21. The van der Waals surface area contributed by atoms with Crippen molar-refractivity contribution in [2.45, 2.75) is 19.5 Å². The zero-order valence-corrected chi connectivity index (χ0v) is 21.8. The lowest BCUT2D eigenvalue weighted by Gasteiger charge is -2.15. The van der Waals surface area contributed by atoms with Gasteiger partial charge in [-0.15, -0.1) is 0 Å². The summed E-state index contributed by atoms with van der Waals surface area (Å²) in [6.45, 7) is 1.66. The van der Waals surface area contributed by atoms with Crippen LogP contribution >= 0.6 is 0 Å². The molecule has 0 saturated carbocycles. The highest BCUT2D eigenvalue weighted by Crippen LogP contribution is 2.23. The molecule has 5 aromatic rings. The van der Waals surface area contributed by atoms with Crippen LogP contribution in [0.3, 0.4) is 0 Å². The molecular formula is C28H22FN7O6. The Labute approximate surface area is 235 Å². The molecule has 1 atom stereocenters. The van der Waals surface area contributed by atoms with Crippen LogP contribution in [0, 0.1) is 5.82 Å². The van der Waals surface area contributed by atoms with Crippen molar-refractivity contribution in [1.82, 2.24) is 25.0 Å². The number of nitrogens with two attached hydrogens (primary N) is 1. The second-order valence-corrected chi connectivity index (χ2v) is 9.31. The summed E-state index contributed by atoms with van der Waals surface area (Å²) in [5.74, 6) is -2.84. The summed E-state index contributed by atoms with van der Waals surface area (Å²) in [5.41, 5.74) is 4.43. The Bertz CT molecular complexity index is 1940. The number of carboxylic acid groups (broad SMARTS) is 1. The van der Waals surface area contributed by atoms with Gasteiger partial charge in [-0.05, 0) is 48.4 Å². The monoisotopic (exact) mass is 571 g/mol. The van der Waals surface area contributed by atoms with E-state index in [-0.39, 0.29) is 46.3 Å². The molecular weight excluding hydrogens is 549 g/mol. The minimum atomic E-state index is -1.07. The molecule has 0 aliphatic heterocycles. The molecule has 0 saturated heterocycles. The van der Waals surface area contributed by atoms with Gasteiger partial charge < -0.3 is 26.8 Å².